The quantitative estimate of drug-likeness (QED) is 0.285. The summed E-state index contributed by atoms with van der Waals surface area (Å²) in [5, 5.41) is 0.335. The van der Waals surface area contributed by atoms with Crippen LogP contribution in [0.1, 0.15) is 58.4 Å². The van der Waals surface area contributed by atoms with Gasteiger partial charge in [-0.05, 0) is 29.5 Å². The first-order valence-electron chi connectivity index (χ1n) is 7.37. The van der Waals surface area contributed by atoms with Crippen molar-refractivity contribution in [3.63, 3.8) is 0 Å². The second-order valence-electron chi connectivity index (χ2n) is 6.06. The van der Waals surface area contributed by atoms with E-state index in [1.807, 2.05) is 0 Å². The zero-order valence-corrected chi connectivity index (χ0v) is 16.2. The molecule has 0 saturated heterocycles. The molecule has 1 rings (SSSR count). The summed E-state index contributed by atoms with van der Waals surface area (Å²) in [6, 6.07) is 10.9. The summed E-state index contributed by atoms with van der Waals surface area (Å²) in [7, 11) is 3.05. The predicted octanol–water partition coefficient (Wildman–Crippen LogP) is 6.09. The van der Waals surface area contributed by atoms with Crippen molar-refractivity contribution in [3.8, 4) is 0 Å². The third-order valence-electron chi connectivity index (χ3n) is 3.78. The van der Waals surface area contributed by atoms with Crippen molar-refractivity contribution < 1.29 is 0 Å². The molecule has 0 N–H and O–H groups in total. The lowest BCUT2D eigenvalue weighted by Gasteiger charge is -2.31. The number of hydrogen-bond donors (Lipinski definition) is 0. The lowest BCUT2D eigenvalue weighted by Crippen LogP contribution is -2.26. The molecule has 0 radical (unpaired) electrons. The SMILES string of the molecule is CCCCCCC(Cc1ccccc1)C(C)(C)P.I. The Kier molecular flexibility index (Phi) is 10.4. The summed E-state index contributed by atoms with van der Waals surface area (Å²) in [6.07, 6.45) is 8.05. The first kappa shape index (κ1) is 19.4. The number of halogens is 1. The van der Waals surface area contributed by atoms with Crippen molar-refractivity contribution in [3.05, 3.63) is 35.9 Å². The Balaban J connectivity index is 0.00000324. The van der Waals surface area contributed by atoms with Gasteiger partial charge in [0.15, 0.2) is 0 Å². The van der Waals surface area contributed by atoms with Gasteiger partial charge in [0.1, 0.15) is 0 Å². The van der Waals surface area contributed by atoms with Crippen LogP contribution in [-0.4, -0.2) is 5.16 Å². The van der Waals surface area contributed by atoms with Crippen LogP contribution < -0.4 is 0 Å². The average Bonchev–Trinajstić information content (AvgIpc) is 2.33. The maximum Gasteiger partial charge on any atom is -0.0175 e. The third kappa shape index (κ3) is 8.30. The molecule has 0 amide bonds. The van der Waals surface area contributed by atoms with Crippen molar-refractivity contribution in [2.75, 3.05) is 0 Å². The molecule has 2 unspecified atom stereocenters. The molecule has 110 valence electrons. The smallest absolute Gasteiger partial charge is 0.0175 e. The van der Waals surface area contributed by atoms with E-state index < -0.39 is 0 Å². The van der Waals surface area contributed by atoms with E-state index in [0.717, 1.165) is 5.92 Å². The van der Waals surface area contributed by atoms with Gasteiger partial charge in [0, 0.05) is 0 Å². The normalized spacial score (nSPS) is 12.8. The standard InChI is InChI=1S/C17H29P.HI/c1-4-5-6-10-13-16(17(2,3)18)14-15-11-8-7-9-12-15;/h7-9,11-12,16H,4-6,10,13-14,18H2,1-3H3;1H. The van der Waals surface area contributed by atoms with E-state index in [-0.39, 0.29) is 24.0 Å². The molecule has 1 aromatic rings. The van der Waals surface area contributed by atoms with Gasteiger partial charge in [0.2, 0.25) is 0 Å². The van der Waals surface area contributed by atoms with Gasteiger partial charge < -0.3 is 0 Å². The predicted molar refractivity (Wildman–Crippen MR) is 102 cm³/mol. The molecule has 0 aromatic heterocycles. The molecule has 0 aliphatic rings. The van der Waals surface area contributed by atoms with Crippen LogP contribution in [0.4, 0.5) is 0 Å². The van der Waals surface area contributed by atoms with Gasteiger partial charge in [-0.1, -0.05) is 76.8 Å². The van der Waals surface area contributed by atoms with Crippen molar-refractivity contribution >= 4 is 33.2 Å². The number of rotatable bonds is 8. The van der Waals surface area contributed by atoms with Gasteiger partial charge in [-0.25, -0.2) is 0 Å². The molecule has 0 saturated carbocycles. The Labute approximate surface area is 139 Å². The van der Waals surface area contributed by atoms with Crippen molar-refractivity contribution in [1.29, 1.82) is 0 Å². The topological polar surface area (TPSA) is 0 Å². The average molecular weight is 392 g/mol. The van der Waals surface area contributed by atoms with Crippen LogP contribution in [0.2, 0.25) is 0 Å². The molecule has 0 nitrogen and oxygen atoms in total. The van der Waals surface area contributed by atoms with Crippen molar-refractivity contribution in [2.24, 2.45) is 5.92 Å². The highest BCUT2D eigenvalue weighted by Gasteiger charge is 2.24. The maximum absolute atomic E-state index is 3.05. The van der Waals surface area contributed by atoms with E-state index in [2.05, 4.69) is 60.3 Å². The fraction of sp³-hybridized carbons (Fsp3) is 0.647. The third-order valence-corrected chi connectivity index (χ3v) is 4.25. The highest BCUT2D eigenvalue weighted by Crippen LogP contribution is 2.33. The molecule has 0 fully saturated rings. The van der Waals surface area contributed by atoms with Crippen LogP contribution in [0.25, 0.3) is 0 Å². The van der Waals surface area contributed by atoms with Gasteiger partial charge in [0.25, 0.3) is 0 Å². The number of benzene rings is 1. The van der Waals surface area contributed by atoms with E-state index in [4.69, 9.17) is 0 Å². The van der Waals surface area contributed by atoms with Gasteiger partial charge in [-0.15, -0.1) is 33.2 Å². The minimum atomic E-state index is 0. The second kappa shape index (κ2) is 10.2. The highest BCUT2D eigenvalue weighted by molar-refractivity contribution is 14.0. The van der Waals surface area contributed by atoms with Gasteiger partial charge in [-0.3, -0.25) is 0 Å². The summed E-state index contributed by atoms with van der Waals surface area (Å²) in [4.78, 5) is 0. The molecule has 19 heavy (non-hydrogen) atoms. The van der Waals surface area contributed by atoms with Gasteiger partial charge in [0.05, 0.1) is 0 Å². The molecular formula is C17H30IP. The van der Waals surface area contributed by atoms with E-state index in [1.165, 1.54) is 44.1 Å². The fourth-order valence-electron chi connectivity index (χ4n) is 2.45. The van der Waals surface area contributed by atoms with Crippen LogP contribution in [-0.2, 0) is 6.42 Å². The molecule has 1 aromatic carbocycles. The van der Waals surface area contributed by atoms with Crippen molar-refractivity contribution in [2.45, 2.75) is 64.5 Å². The summed E-state index contributed by atoms with van der Waals surface area (Å²) in [5.74, 6) is 0.766. The Bertz CT molecular complexity index is 316. The van der Waals surface area contributed by atoms with Crippen LogP contribution >= 0.6 is 33.2 Å². The largest absolute Gasteiger partial charge is 0.131 e. The van der Waals surface area contributed by atoms with E-state index in [0.29, 0.717) is 5.16 Å². The van der Waals surface area contributed by atoms with Crippen LogP contribution in [0, 0.1) is 5.92 Å². The minimum absolute atomic E-state index is 0. The minimum Gasteiger partial charge on any atom is -0.131 e. The highest BCUT2D eigenvalue weighted by atomic mass is 127. The molecule has 2 heteroatoms. The Morgan fingerprint density at radius 3 is 2.21 bits per heavy atom. The molecule has 0 heterocycles. The molecular weight excluding hydrogens is 362 g/mol. The Morgan fingerprint density at radius 1 is 1.05 bits per heavy atom. The van der Waals surface area contributed by atoms with E-state index >= 15 is 0 Å². The van der Waals surface area contributed by atoms with Crippen LogP contribution in [0.3, 0.4) is 0 Å². The summed E-state index contributed by atoms with van der Waals surface area (Å²) >= 11 is 0. The molecule has 0 bridgehead atoms. The van der Waals surface area contributed by atoms with Crippen LogP contribution in [0.5, 0.6) is 0 Å². The first-order valence-corrected chi connectivity index (χ1v) is 7.94. The zero-order chi connectivity index (χ0) is 13.4. The lowest BCUT2D eigenvalue weighted by molar-refractivity contribution is 0.374. The monoisotopic (exact) mass is 392 g/mol. The molecule has 0 aliphatic carbocycles. The Morgan fingerprint density at radius 2 is 1.68 bits per heavy atom. The van der Waals surface area contributed by atoms with Crippen molar-refractivity contribution in [1.82, 2.24) is 0 Å². The van der Waals surface area contributed by atoms with Crippen LogP contribution in [0.15, 0.2) is 30.3 Å². The number of unbranched alkanes of at least 4 members (excludes halogenated alkanes) is 3. The summed E-state index contributed by atoms with van der Waals surface area (Å²) in [5.41, 5.74) is 1.48. The zero-order valence-electron chi connectivity index (χ0n) is 12.7. The first-order chi connectivity index (χ1) is 8.54. The Hall–Kier alpha value is 0.380. The van der Waals surface area contributed by atoms with Gasteiger partial charge in [-0.2, -0.15) is 0 Å². The second-order valence-corrected chi connectivity index (χ2v) is 7.55. The lowest BCUT2D eigenvalue weighted by atomic mass is 9.84. The maximum atomic E-state index is 3.05. The van der Waals surface area contributed by atoms with E-state index in [9.17, 15) is 0 Å². The molecule has 0 aliphatic heterocycles. The van der Waals surface area contributed by atoms with Gasteiger partial charge >= 0.3 is 0 Å². The fourth-order valence-corrected chi connectivity index (χ4v) is 2.74. The molecule has 2 atom stereocenters. The number of hydrogen-bond acceptors (Lipinski definition) is 0. The van der Waals surface area contributed by atoms with E-state index in [1.54, 1.807) is 0 Å². The summed E-state index contributed by atoms with van der Waals surface area (Å²) in [6.45, 7) is 6.98. The molecule has 0 spiro atoms. The summed E-state index contributed by atoms with van der Waals surface area (Å²) < 4.78 is 0.